The van der Waals surface area contributed by atoms with Crippen molar-refractivity contribution in [1.82, 2.24) is 4.90 Å². The van der Waals surface area contributed by atoms with Gasteiger partial charge in [0.15, 0.2) is 9.84 Å². The number of benzene rings is 2. The predicted octanol–water partition coefficient (Wildman–Crippen LogP) is 5.35. The van der Waals surface area contributed by atoms with E-state index in [4.69, 9.17) is 4.74 Å². The van der Waals surface area contributed by atoms with Crippen LogP contribution in [-0.4, -0.2) is 62.9 Å². The second-order valence-electron chi connectivity index (χ2n) is 11.1. The standard InChI is InChI=1S/C29H30F7NO6S/c1-43-25(40)20-7-5-19(6-8-20)24(39)37-14-13-26(17-37,44(41,42)23-4-2-3-18(15-23)16-38)21-9-11-22(12-10-21)27(30,28(31,32)33)29(34,35)36/h2-4,9-12,15,19-20,38H,5-8,13-14,16-17H2,1H3/t19-,20-,26?. The molecule has 2 aromatic carbocycles. The van der Waals surface area contributed by atoms with Crippen LogP contribution in [0.4, 0.5) is 30.7 Å². The Morgan fingerprint density at radius 1 is 0.932 bits per heavy atom. The van der Waals surface area contributed by atoms with E-state index in [9.17, 15) is 53.8 Å². The highest BCUT2D eigenvalue weighted by Crippen LogP contribution is 2.54. The third-order valence-corrected chi connectivity index (χ3v) is 11.1. The van der Waals surface area contributed by atoms with Crippen molar-refractivity contribution < 1.29 is 58.6 Å². The van der Waals surface area contributed by atoms with Gasteiger partial charge in [0.25, 0.3) is 0 Å². The number of carbonyl (C=O) groups is 2. The fourth-order valence-corrected chi connectivity index (χ4v) is 8.26. The monoisotopic (exact) mass is 653 g/mol. The van der Waals surface area contributed by atoms with Crippen LogP contribution in [0.2, 0.25) is 0 Å². The lowest BCUT2D eigenvalue weighted by Gasteiger charge is -2.33. The molecule has 2 fully saturated rings. The third-order valence-electron chi connectivity index (χ3n) is 8.65. The molecule has 0 aromatic heterocycles. The number of aliphatic hydroxyl groups is 1. The molecule has 1 amide bonds. The summed E-state index contributed by atoms with van der Waals surface area (Å²) in [5, 5.41) is 9.54. The third kappa shape index (κ3) is 5.68. The highest BCUT2D eigenvalue weighted by atomic mass is 32.2. The molecule has 1 atom stereocenters. The quantitative estimate of drug-likeness (QED) is 0.320. The van der Waals surface area contributed by atoms with Gasteiger partial charge in [-0.25, -0.2) is 12.8 Å². The van der Waals surface area contributed by atoms with Crippen LogP contribution in [0, 0.1) is 11.8 Å². The van der Waals surface area contributed by atoms with Crippen molar-refractivity contribution in [3.8, 4) is 0 Å². The molecule has 1 aliphatic heterocycles. The molecule has 0 bridgehead atoms. The van der Waals surface area contributed by atoms with Gasteiger partial charge in [0.2, 0.25) is 5.91 Å². The van der Waals surface area contributed by atoms with Crippen molar-refractivity contribution >= 4 is 21.7 Å². The number of nitrogens with zero attached hydrogens (tertiary/aromatic N) is 1. The maximum Gasteiger partial charge on any atom is 0.435 e. The second-order valence-corrected chi connectivity index (χ2v) is 13.4. The molecule has 242 valence electrons. The molecule has 44 heavy (non-hydrogen) atoms. The minimum atomic E-state index is -6.36. The lowest BCUT2D eigenvalue weighted by molar-refractivity contribution is -0.348. The summed E-state index contributed by atoms with van der Waals surface area (Å²) < 4.78 is 126. The van der Waals surface area contributed by atoms with E-state index in [1.807, 2.05) is 0 Å². The maximum atomic E-state index is 14.7. The van der Waals surface area contributed by atoms with Gasteiger partial charge in [-0.15, -0.1) is 0 Å². The minimum Gasteiger partial charge on any atom is -0.469 e. The topological polar surface area (TPSA) is 101 Å². The second kappa shape index (κ2) is 12.0. The van der Waals surface area contributed by atoms with Gasteiger partial charge in [0, 0.05) is 24.6 Å². The Labute approximate surface area is 248 Å². The smallest absolute Gasteiger partial charge is 0.435 e. The minimum absolute atomic E-state index is 0.103. The number of carbonyl (C=O) groups excluding carboxylic acids is 2. The van der Waals surface area contributed by atoms with Gasteiger partial charge in [-0.2, -0.15) is 26.3 Å². The van der Waals surface area contributed by atoms with E-state index in [1.165, 1.54) is 36.3 Å². The number of sulfone groups is 1. The summed E-state index contributed by atoms with van der Waals surface area (Å²) in [5.41, 5.74) is -7.49. The number of ether oxygens (including phenoxy) is 1. The Bertz CT molecular complexity index is 1470. The summed E-state index contributed by atoms with van der Waals surface area (Å²) in [5.74, 6) is -1.72. The number of alkyl halides is 7. The van der Waals surface area contributed by atoms with Crippen LogP contribution < -0.4 is 0 Å². The van der Waals surface area contributed by atoms with E-state index in [2.05, 4.69) is 0 Å². The van der Waals surface area contributed by atoms with Crippen LogP contribution in [0.5, 0.6) is 0 Å². The number of esters is 1. The van der Waals surface area contributed by atoms with Crippen LogP contribution in [0.15, 0.2) is 53.4 Å². The summed E-state index contributed by atoms with van der Waals surface area (Å²) in [7, 11) is -3.26. The Kier molecular flexibility index (Phi) is 9.15. The fourth-order valence-electron chi connectivity index (χ4n) is 6.11. The fraction of sp³-hybridized carbons (Fsp3) is 0.517. The predicted molar refractivity (Wildman–Crippen MR) is 141 cm³/mol. The number of rotatable bonds is 7. The number of likely N-dealkylation sites (tertiary alicyclic amines) is 1. The number of halogens is 7. The summed E-state index contributed by atoms with van der Waals surface area (Å²) in [4.78, 5) is 26.4. The van der Waals surface area contributed by atoms with E-state index in [1.54, 1.807) is 0 Å². The number of amides is 1. The molecule has 2 aliphatic rings. The first-order valence-electron chi connectivity index (χ1n) is 13.7. The Balaban J connectivity index is 1.74. The lowest BCUT2D eigenvalue weighted by Crippen LogP contribution is -2.50. The maximum absolute atomic E-state index is 14.7. The van der Waals surface area contributed by atoms with Crippen LogP contribution >= 0.6 is 0 Å². The van der Waals surface area contributed by atoms with Crippen LogP contribution in [0.25, 0.3) is 0 Å². The van der Waals surface area contributed by atoms with E-state index in [0.29, 0.717) is 37.8 Å². The van der Waals surface area contributed by atoms with E-state index in [-0.39, 0.29) is 47.0 Å². The zero-order chi connectivity index (χ0) is 32.7. The molecule has 2 aromatic rings. The van der Waals surface area contributed by atoms with Crippen LogP contribution in [-0.2, 0) is 41.2 Å². The van der Waals surface area contributed by atoms with E-state index in [0.717, 1.165) is 0 Å². The summed E-state index contributed by atoms with van der Waals surface area (Å²) in [6, 6.07) is 7.16. The summed E-state index contributed by atoms with van der Waals surface area (Å²) in [6.07, 6.45) is -11.6. The van der Waals surface area contributed by atoms with Gasteiger partial charge in [-0.1, -0.05) is 36.4 Å². The molecule has 15 heteroatoms. The Hall–Kier alpha value is -3.20. The first-order valence-corrected chi connectivity index (χ1v) is 15.2. The Morgan fingerprint density at radius 2 is 1.50 bits per heavy atom. The average Bonchev–Trinajstić information content (AvgIpc) is 3.46. The van der Waals surface area contributed by atoms with Crippen LogP contribution in [0.3, 0.4) is 0 Å². The van der Waals surface area contributed by atoms with Gasteiger partial charge in [-0.05, 0) is 55.4 Å². The van der Waals surface area contributed by atoms with Crippen molar-refractivity contribution in [2.45, 2.75) is 66.4 Å². The molecular weight excluding hydrogens is 623 g/mol. The van der Waals surface area contributed by atoms with Crippen molar-refractivity contribution in [2.24, 2.45) is 11.8 Å². The first-order chi connectivity index (χ1) is 20.4. The van der Waals surface area contributed by atoms with Crippen molar-refractivity contribution in [3.05, 3.63) is 65.2 Å². The van der Waals surface area contributed by atoms with Crippen molar-refractivity contribution in [3.63, 3.8) is 0 Å². The lowest BCUT2D eigenvalue weighted by atomic mass is 9.81. The van der Waals surface area contributed by atoms with Gasteiger partial charge < -0.3 is 14.7 Å². The molecule has 1 unspecified atom stereocenters. The molecule has 1 N–H and O–H groups in total. The highest BCUT2D eigenvalue weighted by Gasteiger charge is 2.73. The van der Waals surface area contributed by atoms with Gasteiger partial charge in [0.05, 0.1) is 24.5 Å². The molecule has 0 radical (unpaired) electrons. The van der Waals surface area contributed by atoms with Gasteiger partial charge in [0.1, 0.15) is 4.75 Å². The molecule has 0 spiro atoms. The average molecular weight is 654 g/mol. The van der Waals surface area contributed by atoms with Crippen molar-refractivity contribution in [2.75, 3.05) is 20.2 Å². The van der Waals surface area contributed by atoms with Gasteiger partial charge in [-0.3, -0.25) is 9.59 Å². The molecule has 1 aliphatic carbocycles. The molecule has 4 rings (SSSR count). The zero-order valence-corrected chi connectivity index (χ0v) is 24.2. The van der Waals surface area contributed by atoms with Crippen molar-refractivity contribution in [1.29, 1.82) is 0 Å². The largest absolute Gasteiger partial charge is 0.469 e. The summed E-state index contributed by atoms with van der Waals surface area (Å²) >= 11 is 0. The first kappa shape index (κ1) is 33.7. The van der Waals surface area contributed by atoms with Crippen LogP contribution in [0.1, 0.15) is 48.8 Å². The normalized spacial score (nSPS) is 23.4. The number of hydrogen-bond acceptors (Lipinski definition) is 6. The van der Waals surface area contributed by atoms with E-state index < -0.39 is 69.1 Å². The van der Waals surface area contributed by atoms with E-state index >= 15 is 0 Å². The molecule has 1 saturated heterocycles. The number of methoxy groups -OCH3 is 1. The highest BCUT2D eigenvalue weighted by molar-refractivity contribution is 7.92. The number of aliphatic hydroxyl groups excluding tert-OH is 1. The molecule has 1 heterocycles. The molecule has 7 nitrogen and oxygen atoms in total. The zero-order valence-electron chi connectivity index (χ0n) is 23.4. The molecule has 1 saturated carbocycles. The molecular formula is C29H30F7NO6S. The summed E-state index contributed by atoms with van der Waals surface area (Å²) in [6.45, 7) is -1.10. The number of hydrogen-bond donors (Lipinski definition) is 1. The van der Waals surface area contributed by atoms with Gasteiger partial charge >= 0.3 is 24.0 Å². The SMILES string of the molecule is COC(=O)[C@H]1CC[C@H](C(=O)N2CCC(c3ccc(C(F)(C(F)(F)F)C(F)(F)F)cc3)(S(=O)(=O)c3cccc(CO)c3)C2)CC1. The Morgan fingerprint density at radius 3 is 2.02 bits per heavy atom.